The Kier molecular flexibility index (Phi) is 3.36. The summed E-state index contributed by atoms with van der Waals surface area (Å²) in [5.74, 6) is 1.60. The first-order chi connectivity index (χ1) is 9.65. The van der Waals surface area contributed by atoms with Crippen LogP contribution in [0.2, 0.25) is 0 Å². The summed E-state index contributed by atoms with van der Waals surface area (Å²) in [6, 6.07) is 10.4. The molecule has 0 unspecified atom stereocenters. The van der Waals surface area contributed by atoms with E-state index in [4.69, 9.17) is 0 Å². The van der Waals surface area contributed by atoms with Gasteiger partial charge < -0.3 is 10.3 Å². The molecule has 5 heteroatoms. The second-order valence-electron chi connectivity index (χ2n) is 4.69. The minimum atomic E-state index is 0.753. The predicted molar refractivity (Wildman–Crippen MR) is 84.9 cm³/mol. The van der Waals surface area contributed by atoms with Crippen molar-refractivity contribution >= 4 is 34.3 Å². The topological polar surface area (TPSA) is 53.6 Å². The van der Waals surface area contributed by atoms with Crippen LogP contribution in [0.3, 0.4) is 0 Å². The predicted octanol–water partition coefficient (Wildman–Crippen LogP) is 4.04. The van der Waals surface area contributed by atoms with Crippen molar-refractivity contribution in [3.63, 3.8) is 0 Å². The van der Waals surface area contributed by atoms with Crippen LogP contribution in [-0.4, -0.2) is 21.2 Å². The van der Waals surface area contributed by atoms with Crippen molar-refractivity contribution < 1.29 is 0 Å². The summed E-state index contributed by atoms with van der Waals surface area (Å²) in [4.78, 5) is 13.4. The molecule has 4 nitrogen and oxygen atoms in total. The lowest BCUT2D eigenvalue weighted by atomic mass is 10.3. The zero-order valence-electron chi connectivity index (χ0n) is 11.7. The van der Waals surface area contributed by atoms with E-state index < -0.39 is 0 Å². The Morgan fingerprint density at radius 1 is 1.15 bits per heavy atom. The molecule has 0 bridgehead atoms. The van der Waals surface area contributed by atoms with Crippen LogP contribution in [0.25, 0.3) is 11.0 Å². The highest BCUT2D eigenvalue weighted by Gasteiger charge is 2.08. The minimum Gasteiger partial charge on any atom is -0.343 e. The second kappa shape index (κ2) is 5.17. The number of fused-ring (bicyclic) bond motifs is 1. The van der Waals surface area contributed by atoms with Gasteiger partial charge in [0.2, 0.25) is 0 Å². The number of aromatic amines is 1. The zero-order valence-corrected chi connectivity index (χ0v) is 12.5. The van der Waals surface area contributed by atoms with Crippen LogP contribution in [0.4, 0.5) is 11.5 Å². The number of hydrogen-bond donors (Lipinski definition) is 2. The second-order valence-corrected chi connectivity index (χ2v) is 5.57. The number of H-pyrrole nitrogens is 1. The fraction of sp³-hybridized carbons (Fsp3) is 0.200. The van der Waals surface area contributed by atoms with Gasteiger partial charge in [-0.05, 0) is 44.4 Å². The maximum absolute atomic E-state index is 4.52. The molecule has 0 aliphatic rings. The van der Waals surface area contributed by atoms with E-state index in [-0.39, 0.29) is 0 Å². The van der Waals surface area contributed by atoms with Gasteiger partial charge in [0, 0.05) is 16.3 Å². The molecule has 1 aromatic carbocycles. The molecule has 0 saturated carbocycles. The summed E-state index contributed by atoms with van der Waals surface area (Å²) in [5.41, 5.74) is 2.99. The highest BCUT2D eigenvalue weighted by Crippen LogP contribution is 2.26. The molecule has 2 aromatic heterocycles. The van der Waals surface area contributed by atoms with Crippen molar-refractivity contribution in [2.45, 2.75) is 18.7 Å². The van der Waals surface area contributed by atoms with Crippen LogP contribution in [0.1, 0.15) is 11.5 Å². The summed E-state index contributed by atoms with van der Waals surface area (Å²) < 4.78 is 0. The van der Waals surface area contributed by atoms with Crippen molar-refractivity contribution in [3.8, 4) is 0 Å². The molecule has 0 spiro atoms. The first kappa shape index (κ1) is 13.0. The molecule has 2 N–H and O–H groups in total. The molecule has 2 heterocycles. The standard InChI is InChI=1S/C15H16N4S/c1-9-7-13-14(16-9)17-10(2)18-15(13)19-11-5-4-6-12(8-11)20-3/h4-8H,1-3H3,(H2,16,17,18,19). The molecule has 0 saturated heterocycles. The lowest BCUT2D eigenvalue weighted by Crippen LogP contribution is -1.98. The first-order valence-corrected chi connectivity index (χ1v) is 7.63. The fourth-order valence-electron chi connectivity index (χ4n) is 2.19. The number of nitrogens with zero attached hydrogens (tertiary/aromatic N) is 2. The van der Waals surface area contributed by atoms with Crippen LogP contribution in [0.5, 0.6) is 0 Å². The molecule has 0 radical (unpaired) electrons. The molecule has 20 heavy (non-hydrogen) atoms. The number of benzene rings is 1. The lowest BCUT2D eigenvalue weighted by molar-refractivity contribution is 1.08. The van der Waals surface area contributed by atoms with Gasteiger partial charge in [0.05, 0.1) is 5.39 Å². The zero-order chi connectivity index (χ0) is 14.1. The van der Waals surface area contributed by atoms with E-state index in [2.05, 4.69) is 44.7 Å². The number of aryl methyl sites for hydroxylation is 2. The summed E-state index contributed by atoms with van der Waals surface area (Å²) >= 11 is 1.73. The van der Waals surface area contributed by atoms with E-state index in [1.807, 2.05) is 26.0 Å². The van der Waals surface area contributed by atoms with Gasteiger partial charge in [-0.25, -0.2) is 9.97 Å². The Hall–Kier alpha value is -2.01. The van der Waals surface area contributed by atoms with E-state index in [1.54, 1.807) is 11.8 Å². The highest BCUT2D eigenvalue weighted by molar-refractivity contribution is 7.98. The third-order valence-corrected chi connectivity index (χ3v) is 3.79. The maximum Gasteiger partial charge on any atom is 0.143 e. The maximum atomic E-state index is 4.52. The van der Waals surface area contributed by atoms with Crippen LogP contribution in [0.15, 0.2) is 35.2 Å². The van der Waals surface area contributed by atoms with Gasteiger partial charge in [-0.3, -0.25) is 0 Å². The largest absolute Gasteiger partial charge is 0.343 e. The number of anilines is 2. The van der Waals surface area contributed by atoms with Crippen LogP contribution in [-0.2, 0) is 0 Å². The van der Waals surface area contributed by atoms with Crippen molar-refractivity contribution in [1.82, 2.24) is 15.0 Å². The van der Waals surface area contributed by atoms with E-state index in [0.29, 0.717) is 0 Å². The van der Waals surface area contributed by atoms with Crippen molar-refractivity contribution in [2.75, 3.05) is 11.6 Å². The number of thioether (sulfide) groups is 1. The Morgan fingerprint density at radius 3 is 2.80 bits per heavy atom. The van der Waals surface area contributed by atoms with Gasteiger partial charge in [-0.1, -0.05) is 6.07 Å². The third kappa shape index (κ3) is 2.49. The molecule has 0 fully saturated rings. The average molecular weight is 284 g/mol. The van der Waals surface area contributed by atoms with Gasteiger partial charge in [-0.15, -0.1) is 11.8 Å². The summed E-state index contributed by atoms with van der Waals surface area (Å²) in [5, 5.41) is 4.41. The Balaban J connectivity index is 2.05. The lowest BCUT2D eigenvalue weighted by Gasteiger charge is -2.08. The number of hydrogen-bond acceptors (Lipinski definition) is 4. The summed E-state index contributed by atoms with van der Waals surface area (Å²) in [7, 11) is 0. The highest BCUT2D eigenvalue weighted by atomic mass is 32.2. The molecule has 3 rings (SSSR count). The average Bonchev–Trinajstić information content (AvgIpc) is 2.79. The molecule has 0 atom stereocenters. The van der Waals surface area contributed by atoms with Crippen LogP contribution < -0.4 is 5.32 Å². The quantitative estimate of drug-likeness (QED) is 0.713. The number of rotatable bonds is 3. The van der Waals surface area contributed by atoms with E-state index >= 15 is 0 Å². The third-order valence-electron chi connectivity index (χ3n) is 3.07. The molecular weight excluding hydrogens is 268 g/mol. The molecule has 0 amide bonds. The summed E-state index contributed by atoms with van der Waals surface area (Å²) in [6.45, 7) is 3.92. The Bertz CT molecular complexity index is 764. The van der Waals surface area contributed by atoms with Crippen LogP contribution >= 0.6 is 11.8 Å². The van der Waals surface area contributed by atoms with Gasteiger partial charge in [0.15, 0.2) is 0 Å². The summed E-state index contributed by atoms with van der Waals surface area (Å²) in [6.07, 6.45) is 2.07. The fourth-order valence-corrected chi connectivity index (χ4v) is 2.64. The first-order valence-electron chi connectivity index (χ1n) is 6.41. The Labute approximate surface area is 122 Å². The van der Waals surface area contributed by atoms with E-state index in [9.17, 15) is 0 Å². The molecular formula is C15H16N4S. The Morgan fingerprint density at radius 2 is 2.00 bits per heavy atom. The van der Waals surface area contributed by atoms with E-state index in [0.717, 1.165) is 34.1 Å². The van der Waals surface area contributed by atoms with Crippen molar-refractivity contribution in [3.05, 3.63) is 41.9 Å². The smallest absolute Gasteiger partial charge is 0.143 e. The minimum absolute atomic E-state index is 0.753. The van der Waals surface area contributed by atoms with Gasteiger partial charge in [0.25, 0.3) is 0 Å². The molecule has 0 aliphatic carbocycles. The number of nitrogens with one attached hydrogen (secondary N) is 2. The van der Waals surface area contributed by atoms with Crippen molar-refractivity contribution in [2.24, 2.45) is 0 Å². The SMILES string of the molecule is CSc1cccc(Nc2nc(C)nc3[nH]c(C)cc23)c1. The molecule has 0 aliphatic heterocycles. The van der Waals surface area contributed by atoms with Crippen molar-refractivity contribution in [1.29, 1.82) is 0 Å². The monoisotopic (exact) mass is 284 g/mol. The van der Waals surface area contributed by atoms with Gasteiger partial charge in [0.1, 0.15) is 17.3 Å². The van der Waals surface area contributed by atoms with Gasteiger partial charge in [-0.2, -0.15) is 0 Å². The normalized spacial score (nSPS) is 10.9. The van der Waals surface area contributed by atoms with E-state index in [1.165, 1.54) is 4.90 Å². The van der Waals surface area contributed by atoms with Crippen LogP contribution in [0, 0.1) is 13.8 Å². The molecule has 3 aromatic rings. The molecule has 102 valence electrons. The van der Waals surface area contributed by atoms with Gasteiger partial charge >= 0.3 is 0 Å². The number of aromatic nitrogens is 3.